The number of unbranched alkanes of at least 4 members (excludes halogenated alkanes) is 5. The van der Waals surface area contributed by atoms with Crippen molar-refractivity contribution in [3.8, 4) is 0 Å². The Morgan fingerprint density at radius 1 is 0.933 bits per heavy atom. The molecular weight excluding hydrogens is 372 g/mol. The molecule has 0 radical (unpaired) electrons. The topological polar surface area (TPSA) is 57.5 Å². The zero-order valence-corrected chi connectivity index (χ0v) is 19.5. The largest absolute Gasteiger partial charge is 0.392 e. The lowest BCUT2D eigenvalue weighted by molar-refractivity contribution is -0.149. The van der Waals surface area contributed by atoms with Gasteiger partial charge in [0.15, 0.2) is 0 Å². The summed E-state index contributed by atoms with van der Waals surface area (Å²) >= 11 is 0. The summed E-state index contributed by atoms with van der Waals surface area (Å²) in [6, 6.07) is 0. The number of carbonyl (C=O) groups is 1. The van der Waals surface area contributed by atoms with Crippen LogP contribution in [0.2, 0.25) is 0 Å². The van der Waals surface area contributed by atoms with Crippen LogP contribution in [0.15, 0.2) is 11.6 Å². The Balaban J connectivity index is 1.50. The maximum absolute atomic E-state index is 13.4. The van der Waals surface area contributed by atoms with E-state index in [9.17, 15) is 15.0 Å². The minimum atomic E-state index is -0.813. The van der Waals surface area contributed by atoms with Crippen LogP contribution in [-0.2, 0) is 4.79 Å². The SMILES string of the molecule is CCCCCCCC[C@H]1CC[C@H]2C3=C[C@H](O)[C@H]4C(=O)[C@](C)(CC[C@@H]4O)[C@H]3CC[C@]12C. The monoisotopic (exact) mass is 416 g/mol. The van der Waals surface area contributed by atoms with E-state index in [0.29, 0.717) is 17.8 Å². The number of aliphatic hydroxyl groups is 2. The van der Waals surface area contributed by atoms with Gasteiger partial charge in [0.25, 0.3) is 0 Å². The molecule has 4 aliphatic rings. The molecule has 4 aliphatic carbocycles. The second-order valence-electron chi connectivity index (χ2n) is 11.6. The minimum absolute atomic E-state index is 0.121. The second kappa shape index (κ2) is 8.70. The van der Waals surface area contributed by atoms with Gasteiger partial charge in [-0.3, -0.25) is 4.79 Å². The Morgan fingerprint density at radius 2 is 1.67 bits per heavy atom. The van der Waals surface area contributed by atoms with Crippen LogP contribution in [0.4, 0.5) is 0 Å². The predicted octanol–water partition coefficient (Wildman–Crippen LogP) is 5.83. The first kappa shape index (κ1) is 22.5. The fourth-order valence-electron chi connectivity index (χ4n) is 8.00. The Morgan fingerprint density at radius 3 is 2.43 bits per heavy atom. The van der Waals surface area contributed by atoms with E-state index in [1.165, 1.54) is 69.8 Å². The molecule has 0 aromatic carbocycles. The molecule has 3 saturated carbocycles. The zero-order valence-electron chi connectivity index (χ0n) is 19.5. The van der Waals surface area contributed by atoms with Crippen molar-refractivity contribution in [1.82, 2.24) is 0 Å². The molecule has 0 aromatic heterocycles. The summed E-state index contributed by atoms with van der Waals surface area (Å²) in [5.74, 6) is 1.06. The van der Waals surface area contributed by atoms with Crippen LogP contribution in [0.3, 0.4) is 0 Å². The third-order valence-electron chi connectivity index (χ3n) is 9.95. The molecule has 3 nitrogen and oxygen atoms in total. The molecule has 30 heavy (non-hydrogen) atoms. The first-order valence-corrected chi connectivity index (χ1v) is 12.9. The summed E-state index contributed by atoms with van der Waals surface area (Å²) in [5, 5.41) is 21.4. The summed E-state index contributed by atoms with van der Waals surface area (Å²) in [6.07, 6.45) is 16.3. The van der Waals surface area contributed by atoms with E-state index in [1.807, 2.05) is 6.08 Å². The van der Waals surface area contributed by atoms with E-state index in [4.69, 9.17) is 0 Å². The van der Waals surface area contributed by atoms with Crippen molar-refractivity contribution in [3.63, 3.8) is 0 Å². The number of rotatable bonds is 7. The highest BCUT2D eigenvalue weighted by molar-refractivity contribution is 5.90. The molecule has 4 rings (SSSR count). The maximum Gasteiger partial charge on any atom is 0.147 e. The molecule has 2 N–H and O–H groups in total. The van der Waals surface area contributed by atoms with Crippen LogP contribution in [0.1, 0.15) is 104 Å². The molecule has 0 saturated heterocycles. The molecule has 3 heteroatoms. The lowest BCUT2D eigenvalue weighted by atomic mass is 9.53. The number of hydrogen-bond acceptors (Lipinski definition) is 3. The molecule has 0 aliphatic heterocycles. The summed E-state index contributed by atoms with van der Waals surface area (Å²) in [4.78, 5) is 13.4. The molecule has 0 heterocycles. The Bertz CT molecular complexity index is 669. The van der Waals surface area contributed by atoms with Gasteiger partial charge < -0.3 is 10.2 Å². The Kier molecular flexibility index (Phi) is 6.53. The Labute approximate surface area is 183 Å². The van der Waals surface area contributed by atoms with Crippen LogP contribution in [-0.4, -0.2) is 28.2 Å². The van der Waals surface area contributed by atoms with Gasteiger partial charge in [-0.1, -0.05) is 70.9 Å². The van der Waals surface area contributed by atoms with Gasteiger partial charge in [-0.25, -0.2) is 0 Å². The van der Waals surface area contributed by atoms with Gasteiger partial charge in [0.05, 0.1) is 18.1 Å². The number of carbonyl (C=O) groups excluding carboxylic acids is 1. The van der Waals surface area contributed by atoms with Gasteiger partial charge in [-0.05, 0) is 68.1 Å². The molecule has 0 amide bonds. The second-order valence-corrected chi connectivity index (χ2v) is 11.6. The first-order chi connectivity index (χ1) is 14.3. The van der Waals surface area contributed by atoms with Crippen molar-refractivity contribution >= 4 is 5.78 Å². The first-order valence-electron chi connectivity index (χ1n) is 12.9. The highest BCUT2D eigenvalue weighted by Crippen LogP contribution is 2.64. The maximum atomic E-state index is 13.4. The predicted molar refractivity (Wildman–Crippen MR) is 121 cm³/mol. The van der Waals surface area contributed by atoms with Gasteiger partial charge in [0.1, 0.15) is 5.78 Å². The average molecular weight is 417 g/mol. The van der Waals surface area contributed by atoms with Gasteiger partial charge in [0.2, 0.25) is 0 Å². The van der Waals surface area contributed by atoms with Crippen molar-refractivity contribution in [3.05, 3.63) is 11.6 Å². The van der Waals surface area contributed by atoms with Crippen molar-refractivity contribution in [2.45, 2.75) is 116 Å². The van der Waals surface area contributed by atoms with Gasteiger partial charge in [-0.2, -0.15) is 0 Å². The minimum Gasteiger partial charge on any atom is -0.392 e. The van der Waals surface area contributed by atoms with Crippen LogP contribution in [0, 0.1) is 34.5 Å². The number of Topliss-reactive ketones (excluding diaryl/α,β-unsaturated/α-hetero) is 1. The fraction of sp³-hybridized carbons (Fsp3) is 0.889. The lowest BCUT2D eigenvalue weighted by Crippen LogP contribution is -2.52. The molecule has 170 valence electrons. The number of allylic oxidation sites excluding steroid dienone is 1. The summed E-state index contributed by atoms with van der Waals surface area (Å²) in [6.45, 7) is 6.92. The standard InChI is InChI=1S/C27H44O3/c1-4-5-6-7-8-9-10-18-11-12-20-19-17-23(29)24-22(28)14-16-27(3,25(24)30)21(19)13-15-26(18,20)2/h17-18,20-24,28-29H,4-16H2,1-3H3/t18-,20-,21-,22-,23-,24-,26+,27+/m0/s1. The highest BCUT2D eigenvalue weighted by Gasteiger charge is 2.60. The van der Waals surface area contributed by atoms with Gasteiger partial charge in [-0.15, -0.1) is 0 Å². The van der Waals surface area contributed by atoms with E-state index in [2.05, 4.69) is 20.8 Å². The molecule has 2 bridgehead atoms. The summed E-state index contributed by atoms with van der Waals surface area (Å²) < 4.78 is 0. The number of aliphatic hydroxyl groups excluding tert-OH is 2. The van der Waals surface area contributed by atoms with E-state index in [1.54, 1.807) is 0 Å². The van der Waals surface area contributed by atoms with Crippen molar-refractivity contribution in [2.75, 3.05) is 0 Å². The van der Waals surface area contributed by atoms with Crippen molar-refractivity contribution < 1.29 is 15.0 Å². The summed E-state index contributed by atoms with van der Waals surface area (Å²) in [5.41, 5.74) is 1.31. The van der Waals surface area contributed by atoms with Crippen molar-refractivity contribution in [1.29, 1.82) is 0 Å². The van der Waals surface area contributed by atoms with E-state index >= 15 is 0 Å². The number of hydrogen-bond donors (Lipinski definition) is 2. The molecule has 0 spiro atoms. The van der Waals surface area contributed by atoms with E-state index in [0.717, 1.165) is 18.8 Å². The van der Waals surface area contributed by atoms with E-state index in [-0.39, 0.29) is 11.7 Å². The van der Waals surface area contributed by atoms with E-state index < -0.39 is 23.5 Å². The van der Waals surface area contributed by atoms with Crippen LogP contribution < -0.4 is 0 Å². The fourth-order valence-corrected chi connectivity index (χ4v) is 8.00. The summed E-state index contributed by atoms with van der Waals surface area (Å²) in [7, 11) is 0. The van der Waals surface area contributed by atoms with Crippen LogP contribution in [0.5, 0.6) is 0 Å². The quantitative estimate of drug-likeness (QED) is 0.406. The van der Waals surface area contributed by atoms with Crippen LogP contribution in [0.25, 0.3) is 0 Å². The smallest absolute Gasteiger partial charge is 0.147 e. The molecule has 0 unspecified atom stereocenters. The zero-order chi connectivity index (χ0) is 21.5. The highest BCUT2D eigenvalue weighted by atomic mass is 16.3. The number of ketones is 1. The average Bonchev–Trinajstić information content (AvgIpc) is 3.02. The molecule has 3 fully saturated rings. The molecule has 0 aromatic rings. The molecule has 8 atom stereocenters. The molecular formula is C27H44O3. The number of fused-ring (bicyclic) bond motifs is 6. The Hall–Kier alpha value is -0.670. The normalized spacial score (nSPS) is 45.5. The van der Waals surface area contributed by atoms with Crippen LogP contribution >= 0.6 is 0 Å². The van der Waals surface area contributed by atoms with Crippen molar-refractivity contribution in [2.24, 2.45) is 34.5 Å². The lowest BCUT2D eigenvalue weighted by Gasteiger charge is -2.51. The third kappa shape index (κ3) is 3.62. The van der Waals surface area contributed by atoms with Gasteiger partial charge in [0, 0.05) is 5.41 Å². The van der Waals surface area contributed by atoms with Gasteiger partial charge >= 0.3 is 0 Å². The third-order valence-corrected chi connectivity index (χ3v) is 9.95.